The minimum absolute atomic E-state index is 0.166. The number of carbonyl (C=O) groups is 3. The summed E-state index contributed by atoms with van der Waals surface area (Å²) in [5.41, 5.74) is 0. The van der Waals surface area contributed by atoms with E-state index in [0.717, 1.165) is 19.3 Å². The lowest BCUT2D eigenvalue weighted by Crippen LogP contribution is -2.40. The van der Waals surface area contributed by atoms with Crippen molar-refractivity contribution in [3.05, 3.63) is 0 Å². The first-order chi connectivity index (χ1) is 7.52. The highest BCUT2D eigenvalue weighted by Crippen LogP contribution is 2.40. The zero-order chi connectivity index (χ0) is 11.9. The molecule has 1 aliphatic carbocycles. The molecule has 88 valence electrons. The highest BCUT2D eigenvalue weighted by molar-refractivity contribution is 6.05. The third-order valence-corrected chi connectivity index (χ3v) is 3.54. The van der Waals surface area contributed by atoms with Crippen molar-refractivity contribution in [1.82, 2.24) is 4.90 Å². The molecule has 0 aromatic carbocycles. The molecule has 5 heteroatoms. The molecule has 1 aliphatic heterocycles. The van der Waals surface area contributed by atoms with Gasteiger partial charge < -0.3 is 5.11 Å². The topological polar surface area (TPSA) is 74.7 Å². The Bertz CT molecular complexity index is 330. The standard InChI is InChI=1S/C11H15NO4/c1-6(5-9(13)14)12-10(15)7-3-2-4-8(7)11(12)16/h6-8H,2-5H2,1H3,(H,13,14). The highest BCUT2D eigenvalue weighted by atomic mass is 16.4. The maximum absolute atomic E-state index is 11.9. The maximum Gasteiger partial charge on any atom is 0.305 e. The van der Waals surface area contributed by atoms with Crippen LogP contribution in [0.3, 0.4) is 0 Å². The fourth-order valence-corrected chi connectivity index (χ4v) is 2.80. The van der Waals surface area contributed by atoms with Crippen LogP contribution in [0.15, 0.2) is 0 Å². The van der Waals surface area contributed by atoms with Gasteiger partial charge in [-0.05, 0) is 19.8 Å². The van der Waals surface area contributed by atoms with E-state index in [-0.39, 0.29) is 30.1 Å². The van der Waals surface area contributed by atoms with Gasteiger partial charge in [-0.2, -0.15) is 0 Å². The Morgan fingerprint density at radius 3 is 2.31 bits per heavy atom. The molecule has 2 aliphatic rings. The van der Waals surface area contributed by atoms with Crippen molar-refractivity contribution in [3.63, 3.8) is 0 Å². The number of imide groups is 1. The van der Waals surface area contributed by atoms with Crippen LogP contribution in [0, 0.1) is 11.8 Å². The van der Waals surface area contributed by atoms with Gasteiger partial charge in [0.25, 0.3) is 0 Å². The molecule has 0 aromatic rings. The Labute approximate surface area is 93.4 Å². The lowest BCUT2D eigenvalue weighted by atomic mass is 10.00. The molecule has 2 rings (SSSR count). The molecule has 3 unspecified atom stereocenters. The van der Waals surface area contributed by atoms with Crippen molar-refractivity contribution in [2.24, 2.45) is 11.8 Å². The van der Waals surface area contributed by atoms with E-state index in [1.54, 1.807) is 6.92 Å². The number of nitrogens with zero attached hydrogens (tertiary/aromatic N) is 1. The number of hydrogen-bond donors (Lipinski definition) is 1. The van der Waals surface area contributed by atoms with Crippen LogP contribution in [-0.4, -0.2) is 33.8 Å². The first kappa shape index (κ1) is 11.1. The van der Waals surface area contributed by atoms with Crippen molar-refractivity contribution in [3.8, 4) is 0 Å². The molecule has 0 aromatic heterocycles. The second-order valence-corrected chi connectivity index (χ2v) is 4.64. The molecule has 16 heavy (non-hydrogen) atoms. The van der Waals surface area contributed by atoms with E-state index >= 15 is 0 Å². The number of likely N-dealkylation sites (tertiary alicyclic amines) is 1. The Hall–Kier alpha value is -1.39. The Morgan fingerprint density at radius 1 is 1.38 bits per heavy atom. The Balaban J connectivity index is 2.14. The summed E-state index contributed by atoms with van der Waals surface area (Å²) in [7, 11) is 0. The Morgan fingerprint density at radius 2 is 1.88 bits per heavy atom. The van der Waals surface area contributed by atoms with Gasteiger partial charge in [-0.1, -0.05) is 6.42 Å². The summed E-state index contributed by atoms with van der Waals surface area (Å²) in [5, 5.41) is 8.67. The third-order valence-electron chi connectivity index (χ3n) is 3.54. The number of aliphatic carboxylic acids is 1. The van der Waals surface area contributed by atoms with E-state index in [0.29, 0.717) is 0 Å². The van der Waals surface area contributed by atoms with Crippen LogP contribution >= 0.6 is 0 Å². The number of carbonyl (C=O) groups excluding carboxylic acids is 2. The molecule has 3 atom stereocenters. The predicted octanol–water partition coefficient (Wildman–Crippen LogP) is 0.635. The van der Waals surface area contributed by atoms with Crippen LogP contribution < -0.4 is 0 Å². The molecular weight excluding hydrogens is 210 g/mol. The first-order valence-corrected chi connectivity index (χ1v) is 5.61. The normalized spacial score (nSPS) is 30.7. The summed E-state index contributed by atoms with van der Waals surface area (Å²) in [6.45, 7) is 1.62. The monoisotopic (exact) mass is 225 g/mol. The van der Waals surface area contributed by atoms with Crippen molar-refractivity contribution < 1.29 is 19.5 Å². The largest absolute Gasteiger partial charge is 0.481 e. The number of rotatable bonds is 3. The van der Waals surface area contributed by atoms with Gasteiger partial charge in [0.1, 0.15) is 0 Å². The maximum atomic E-state index is 11.9. The fraction of sp³-hybridized carbons (Fsp3) is 0.727. The summed E-state index contributed by atoms with van der Waals surface area (Å²) >= 11 is 0. The SMILES string of the molecule is CC(CC(=O)O)N1C(=O)C2CCCC2C1=O. The Kier molecular flexibility index (Phi) is 2.69. The minimum Gasteiger partial charge on any atom is -0.481 e. The van der Waals surface area contributed by atoms with Crippen LogP contribution in [0.2, 0.25) is 0 Å². The van der Waals surface area contributed by atoms with Gasteiger partial charge in [-0.25, -0.2) is 0 Å². The van der Waals surface area contributed by atoms with Crippen LogP contribution in [0.5, 0.6) is 0 Å². The van der Waals surface area contributed by atoms with E-state index in [1.807, 2.05) is 0 Å². The smallest absolute Gasteiger partial charge is 0.305 e. The number of hydrogen-bond acceptors (Lipinski definition) is 3. The van der Waals surface area contributed by atoms with Crippen molar-refractivity contribution in [2.45, 2.75) is 38.6 Å². The predicted molar refractivity (Wildman–Crippen MR) is 54.4 cm³/mol. The lowest BCUT2D eigenvalue weighted by Gasteiger charge is -2.22. The van der Waals surface area contributed by atoms with E-state index < -0.39 is 12.0 Å². The van der Waals surface area contributed by atoms with Crippen LogP contribution in [0.4, 0.5) is 0 Å². The summed E-state index contributed by atoms with van der Waals surface area (Å²) in [4.78, 5) is 35.6. The molecule has 0 spiro atoms. The van der Waals surface area contributed by atoms with Gasteiger partial charge >= 0.3 is 5.97 Å². The second kappa shape index (κ2) is 3.88. The van der Waals surface area contributed by atoms with Crippen LogP contribution in [-0.2, 0) is 14.4 Å². The lowest BCUT2D eigenvalue weighted by molar-refractivity contribution is -0.145. The van der Waals surface area contributed by atoms with Gasteiger partial charge in [0.2, 0.25) is 11.8 Å². The van der Waals surface area contributed by atoms with Crippen molar-refractivity contribution in [2.75, 3.05) is 0 Å². The van der Waals surface area contributed by atoms with Gasteiger partial charge in [0.05, 0.1) is 18.3 Å². The van der Waals surface area contributed by atoms with Gasteiger partial charge in [-0.15, -0.1) is 0 Å². The zero-order valence-electron chi connectivity index (χ0n) is 9.18. The van der Waals surface area contributed by atoms with Gasteiger partial charge in [-0.3, -0.25) is 19.3 Å². The van der Waals surface area contributed by atoms with Gasteiger partial charge in [0.15, 0.2) is 0 Å². The molecule has 1 N–H and O–H groups in total. The average Bonchev–Trinajstić information content (AvgIpc) is 2.70. The van der Waals surface area contributed by atoms with E-state index in [9.17, 15) is 14.4 Å². The molecule has 5 nitrogen and oxygen atoms in total. The first-order valence-electron chi connectivity index (χ1n) is 5.61. The summed E-state index contributed by atoms with van der Waals surface area (Å²) < 4.78 is 0. The van der Waals surface area contributed by atoms with E-state index in [2.05, 4.69) is 0 Å². The molecule has 1 saturated carbocycles. The summed E-state index contributed by atoms with van der Waals surface area (Å²) in [6.07, 6.45) is 2.29. The minimum atomic E-state index is -0.981. The molecule has 2 amide bonds. The molecular formula is C11H15NO4. The highest BCUT2D eigenvalue weighted by Gasteiger charge is 2.51. The van der Waals surface area contributed by atoms with Crippen LogP contribution in [0.1, 0.15) is 32.6 Å². The van der Waals surface area contributed by atoms with Crippen LogP contribution in [0.25, 0.3) is 0 Å². The third kappa shape index (κ3) is 1.60. The van der Waals surface area contributed by atoms with E-state index in [4.69, 9.17) is 5.11 Å². The second-order valence-electron chi connectivity index (χ2n) is 4.64. The number of amides is 2. The molecule has 0 bridgehead atoms. The zero-order valence-corrected chi connectivity index (χ0v) is 9.18. The number of carboxylic acid groups (broad SMARTS) is 1. The number of fused-ring (bicyclic) bond motifs is 1. The molecule has 0 radical (unpaired) electrons. The average molecular weight is 225 g/mol. The molecule has 2 fully saturated rings. The molecule has 1 heterocycles. The number of carboxylic acids is 1. The fourth-order valence-electron chi connectivity index (χ4n) is 2.80. The summed E-state index contributed by atoms with van der Waals surface area (Å²) in [5.74, 6) is -1.67. The van der Waals surface area contributed by atoms with E-state index in [1.165, 1.54) is 4.90 Å². The van der Waals surface area contributed by atoms with Crippen molar-refractivity contribution >= 4 is 17.8 Å². The van der Waals surface area contributed by atoms with Gasteiger partial charge in [0, 0.05) is 6.04 Å². The summed E-state index contributed by atoms with van der Waals surface area (Å²) in [6, 6.07) is -0.525. The quantitative estimate of drug-likeness (QED) is 0.715. The molecule has 1 saturated heterocycles. The van der Waals surface area contributed by atoms with Crippen molar-refractivity contribution in [1.29, 1.82) is 0 Å².